The summed E-state index contributed by atoms with van der Waals surface area (Å²) in [6.45, 7) is 6.28. The molecule has 1 saturated heterocycles. The van der Waals surface area contributed by atoms with E-state index in [-0.39, 0.29) is 17.0 Å². The number of carbonyl (C=O) groups is 1. The van der Waals surface area contributed by atoms with Crippen molar-refractivity contribution in [3.8, 4) is 0 Å². The zero-order valence-electron chi connectivity index (χ0n) is 14.9. The third kappa shape index (κ3) is 4.19. The molecule has 134 valence electrons. The van der Waals surface area contributed by atoms with Gasteiger partial charge in [0, 0.05) is 0 Å². The summed E-state index contributed by atoms with van der Waals surface area (Å²) in [6.07, 6.45) is 1.70. The predicted molar refractivity (Wildman–Crippen MR) is 105 cm³/mol. The molecule has 1 heterocycles. The molecular formula is C20H20FN3OS. The molecule has 6 heteroatoms. The summed E-state index contributed by atoms with van der Waals surface area (Å²) in [6, 6.07) is 12.2. The van der Waals surface area contributed by atoms with Crippen LogP contribution in [0.3, 0.4) is 0 Å². The van der Waals surface area contributed by atoms with Gasteiger partial charge in [0.15, 0.2) is 5.17 Å². The number of hydrogen-bond acceptors (Lipinski definition) is 4. The van der Waals surface area contributed by atoms with Crippen molar-refractivity contribution >= 4 is 29.1 Å². The molecule has 1 amide bonds. The van der Waals surface area contributed by atoms with E-state index in [2.05, 4.69) is 16.3 Å². The van der Waals surface area contributed by atoms with Crippen molar-refractivity contribution in [2.24, 2.45) is 10.2 Å². The molecule has 0 aromatic heterocycles. The maximum Gasteiger partial charge on any atom is 0.242 e. The van der Waals surface area contributed by atoms with Gasteiger partial charge in [0.1, 0.15) is 5.82 Å². The lowest BCUT2D eigenvalue weighted by atomic mass is 10.1. The smallest absolute Gasteiger partial charge is 0.242 e. The molecule has 1 unspecified atom stereocenters. The van der Waals surface area contributed by atoms with E-state index < -0.39 is 0 Å². The molecule has 1 aliphatic heterocycles. The van der Waals surface area contributed by atoms with Crippen molar-refractivity contribution in [2.45, 2.75) is 32.6 Å². The fraction of sp³-hybridized carbons (Fsp3) is 0.250. The van der Waals surface area contributed by atoms with Crippen molar-refractivity contribution in [2.75, 3.05) is 0 Å². The molecule has 26 heavy (non-hydrogen) atoms. The van der Waals surface area contributed by atoms with Gasteiger partial charge in [-0.1, -0.05) is 47.7 Å². The van der Waals surface area contributed by atoms with Crippen LogP contribution in [0.2, 0.25) is 0 Å². The fourth-order valence-electron chi connectivity index (χ4n) is 2.69. The SMILES string of the molecule is Cc1ccc(C=NN=C2SC(C)C(=O)N2Cc2ccc(F)cc2)c(C)c1. The molecule has 1 atom stereocenters. The number of aryl methyl sites for hydroxylation is 2. The quantitative estimate of drug-likeness (QED) is 0.596. The summed E-state index contributed by atoms with van der Waals surface area (Å²) >= 11 is 1.38. The first-order chi connectivity index (χ1) is 12.4. The first kappa shape index (κ1) is 18.3. The van der Waals surface area contributed by atoms with Crippen molar-refractivity contribution in [1.82, 2.24) is 4.90 Å². The lowest BCUT2D eigenvalue weighted by Crippen LogP contribution is -2.30. The molecule has 2 aromatic rings. The van der Waals surface area contributed by atoms with E-state index in [1.807, 2.05) is 32.9 Å². The van der Waals surface area contributed by atoms with Gasteiger partial charge in [-0.25, -0.2) is 4.39 Å². The number of amidine groups is 1. The van der Waals surface area contributed by atoms with Gasteiger partial charge in [0.05, 0.1) is 18.0 Å². The second-order valence-electron chi connectivity index (χ2n) is 6.30. The van der Waals surface area contributed by atoms with Gasteiger partial charge in [-0.05, 0) is 49.6 Å². The molecule has 0 radical (unpaired) electrons. The Balaban J connectivity index is 1.79. The molecule has 3 rings (SSSR count). The molecule has 0 aliphatic carbocycles. The van der Waals surface area contributed by atoms with E-state index in [1.54, 1.807) is 23.2 Å². The molecular weight excluding hydrogens is 349 g/mol. The van der Waals surface area contributed by atoms with E-state index in [9.17, 15) is 9.18 Å². The first-order valence-electron chi connectivity index (χ1n) is 8.35. The Morgan fingerprint density at radius 3 is 2.62 bits per heavy atom. The minimum Gasteiger partial charge on any atom is -0.284 e. The van der Waals surface area contributed by atoms with Crippen LogP contribution in [0.4, 0.5) is 4.39 Å². The number of amides is 1. The largest absolute Gasteiger partial charge is 0.284 e. The Bertz CT molecular complexity index is 877. The number of carbonyl (C=O) groups excluding carboxylic acids is 1. The molecule has 2 aromatic carbocycles. The third-order valence-corrected chi connectivity index (χ3v) is 5.21. The number of hydrogen-bond donors (Lipinski definition) is 0. The van der Waals surface area contributed by atoms with Gasteiger partial charge in [0.25, 0.3) is 0 Å². The predicted octanol–water partition coefficient (Wildman–Crippen LogP) is 4.30. The van der Waals surface area contributed by atoms with E-state index in [1.165, 1.54) is 29.5 Å². The van der Waals surface area contributed by atoms with Gasteiger partial charge in [-0.3, -0.25) is 9.69 Å². The van der Waals surface area contributed by atoms with Gasteiger partial charge in [-0.15, -0.1) is 5.10 Å². The highest BCUT2D eigenvalue weighted by atomic mass is 32.2. The summed E-state index contributed by atoms with van der Waals surface area (Å²) in [7, 11) is 0. The average Bonchev–Trinajstić information content (AvgIpc) is 2.86. The van der Waals surface area contributed by atoms with Crippen molar-refractivity contribution in [3.63, 3.8) is 0 Å². The standard InChI is InChI=1S/C20H20FN3OS/c1-13-4-7-17(14(2)10-13)11-22-23-20-24(19(25)15(3)26-20)12-16-5-8-18(21)9-6-16/h4-11,15H,12H2,1-3H3. The maximum atomic E-state index is 13.1. The summed E-state index contributed by atoms with van der Waals surface area (Å²) in [5, 5.41) is 8.79. The summed E-state index contributed by atoms with van der Waals surface area (Å²) in [5.74, 6) is -0.309. The van der Waals surface area contributed by atoms with Crippen LogP contribution in [-0.4, -0.2) is 27.4 Å². The van der Waals surface area contributed by atoms with Crippen LogP contribution >= 0.6 is 11.8 Å². The normalized spacial score (nSPS) is 19.1. The van der Waals surface area contributed by atoms with Gasteiger partial charge in [-0.2, -0.15) is 5.10 Å². The Hall–Kier alpha value is -2.47. The van der Waals surface area contributed by atoms with Crippen LogP contribution in [0, 0.1) is 19.7 Å². The minimum absolute atomic E-state index is 0.0141. The van der Waals surface area contributed by atoms with E-state index in [4.69, 9.17) is 0 Å². The molecule has 0 bridgehead atoms. The fourth-order valence-corrected chi connectivity index (χ4v) is 3.61. The maximum absolute atomic E-state index is 13.1. The molecule has 4 nitrogen and oxygen atoms in total. The van der Waals surface area contributed by atoms with E-state index in [0.29, 0.717) is 11.7 Å². The third-order valence-electron chi connectivity index (χ3n) is 4.15. The summed E-state index contributed by atoms with van der Waals surface area (Å²) in [4.78, 5) is 14.0. The number of thioether (sulfide) groups is 1. The zero-order chi connectivity index (χ0) is 18.7. The van der Waals surface area contributed by atoms with E-state index >= 15 is 0 Å². The van der Waals surface area contributed by atoms with Crippen LogP contribution in [-0.2, 0) is 11.3 Å². The Kier molecular flexibility index (Phi) is 5.52. The lowest BCUT2D eigenvalue weighted by molar-refractivity contribution is -0.126. The van der Waals surface area contributed by atoms with Crippen molar-refractivity contribution in [1.29, 1.82) is 0 Å². The monoisotopic (exact) mass is 369 g/mol. The number of halogens is 1. The molecule has 1 fully saturated rings. The molecule has 0 spiro atoms. The number of benzene rings is 2. The second-order valence-corrected chi connectivity index (χ2v) is 7.61. The van der Waals surface area contributed by atoms with Gasteiger partial charge in [0.2, 0.25) is 5.91 Å². The molecule has 0 N–H and O–H groups in total. The van der Waals surface area contributed by atoms with Gasteiger partial charge >= 0.3 is 0 Å². The first-order valence-corrected chi connectivity index (χ1v) is 9.23. The van der Waals surface area contributed by atoms with E-state index in [0.717, 1.165) is 16.7 Å². The van der Waals surface area contributed by atoms with Crippen LogP contribution in [0.5, 0.6) is 0 Å². The molecule has 1 aliphatic rings. The van der Waals surface area contributed by atoms with Crippen molar-refractivity contribution in [3.05, 3.63) is 70.5 Å². The number of rotatable bonds is 4. The Morgan fingerprint density at radius 1 is 1.19 bits per heavy atom. The van der Waals surface area contributed by atoms with Crippen LogP contribution in [0.25, 0.3) is 0 Å². The lowest BCUT2D eigenvalue weighted by Gasteiger charge is -2.15. The summed E-state index contributed by atoms with van der Waals surface area (Å²) < 4.78 is 13.1. The summed E-state index contributed by atoms with van der Waals surface area (Å²) in [5.41, 5.74) is 4.16. The second kappa shape index (κ2) is 7.83. The Labute approximate surface area is 156 Å². The van der Waals surface area contributed by atoms with Crippen LogP contribution < -0.4 is 0 Å². The zero-order valence-corrected chi connectivity index (χ0v) is 15.8. The van der Waals surface area contributed by atoms with Gasteiger partial charge < -0.3 is 0 Å². The average molecular weight is 369 g/mol. The highest BCUT2D eigenvalue weighted by Gasteiger charge is 2.35. The van der Waals surface area contributed by atoms with Crippen molar-refractivity contribution < 1.29 is 9.18 Å². The minimum atomic E-state index is -0.295. The highest BCUT2D eigenvalue weighted by molar-refractivity contribution is 8.15. The Morgan fingerprint density at radius 2 is 1.92 bits per heavy atom. The number of nitrogens with zero attached hydrogens (tertiary/aromatic N) is 3. The van der Waals surface area contributed by atoms with Crippen LogP contribution in [0.15, 0.2) is 52.7 Å². The topological polar surface area (TPSA) is 45.0 Å². The highest BCUT2D eigenvalue weighted by Crippen LogP contribution is 2.28. The molecule has 0 saturated carbocycles. The van der Waals surface area contributed by atoms with Crippen LogP contribution in [0.1, 0.15) is 29.2 Å².